The second kappa shape index (κ2) is 7.64. The molecule has 132 valence electrons. The minimum Gasteiger partial charge on any atom is -0.480 e. The fourth-order valence-corrected chi connectivity index (χ4v) is 4.02. The van der Waals surface area contributed by atoms with Gasteiger partial charge in [0.1, 0.15) is 5.54 Å². The number of alkyl halides is 3. The molecule has 1 amide bonds. The fraction of sp³-hybridized carbons (Fsp3) is 0.500. The van der Waals surface area contributed by atoms with Gasteiger partial charge in [0.15, 0.2) is 0 Å². The molecule has 0 aliphatic carbocycles. The van der Waals surface area contributed by atoms with Gasteiger partial charge in [0.2, 0.25) is 5.91 Å². The SMILES string of the molecule is O=C(CSc1ccc(C(F)(F)F)cn1)NC1(C(=O)O)CCSCC1. The van der Waals surface area contributed by atoms with E-state index in [1.54, 1.807) is 11.8 Å². The Hall–Kier alpha value is -1.42. The Labute approximate surface area is 144 Å². The topological polar surface area (TPSA) is 79.3 Å². The number of carboxylic acid groups (broad SMARTS) is 1. The first-order chi connectivity index (χ1) is 11.2. The van der Waals surface area contributed by atoms with Crippen LogP contribution < -0.4 is 5.32 Å². The van der Waals surface area contributed by atoms with Crippen molar-refractivity contribution in [3.05, 3.63) is 23.9 Å². The molecule has 0 aromatic carbocycles. The summed E-state index contributed by atoms with van der Waals surface area (Å²) in [7, 11) is 0. The Morgan fingerprint density at radius 2 is 2.00 bits per heavy atom. The first-order valence-corrected chi connectivity index (χ1v) is 9.15. The van der Waals surface area contributed by atoms with Crippen molar-refractivity contribution in [2.45, 2.75) is 29.6 Å². The summed E-state index contributed by atoms with van der Waals surface area (Å²) < 4.78 is 37.3. The number of aliphatic carboxylic acids is 1. The standard InChI is InChI=1S/C14H15F3N2O3S2/c15-14(16,17)9-1-2-11(18-7-9)24-8-10(20)19-13(12(21)22)3-5-23-6-4-13/h1-2,7H,3-6,8H2,(H,19,20)(H,21,22). The van der Waals surface area contributed by atoms with E-state index in [4.69, 9.17) is 0 Å². The van der Waals surface area contributed by atoms with Crippen LogP contribution >= 0.6 is 23.5 Å². The molecule has 1 aliphatic heterocycles. The van der Waals surface area contributed by atoms with Crippen molar-refractivity contribution >= 4 is 35.4 Å². The zero-order chi connectivity index (χ0) is 17.8. The third kappa shape index (κ3) is 4.79. The first-order valence-electron chi connectivity index (χ1n) is 7.01. The third-order valence-corrected chi connectivity index (χ3v) is 5.48. The van der Waals surface area contributed by atoms with Crippen molar-refractivity contribution in [3.8, 4) is 0 Å². The Morgan fingerprint density at radius 3 is 2.50 bits per heavy atom. The first kappa shape index (κ1) is 18.9. The lowest BCUT2D eigenvalue weighted by Crippen LogP contribution is -2.57. The second-order valence-electron chi connectivity index (χ2n) is 5.22. The summed E-state index contributed by atoms with van der Waals surface area (Å²) >= 11 is 2.59. The molecule has 2 heterocycles. The summed E-state index contributed by atoms with van der Waals surface area (Å²) in [4.78, 5) is 27.1. The molecule has 0 atom stereocenters. The number of rotatable bonds is 5. The van der Waals surface area contributed by atoms with E-state index in [0.29, 0.717) is 30.5 Å². The monoisotopic (exact) mass is 380 g/mol. The number of thioether (sulfide) groups is 2. The summed E-state index contributed by atoms with van der Waals surface area (Å²) in [6.07, 6.45) is -3.05. The number of amides is 1. The molecular weight excluding hydrogens is 365 g/mol. The molecule has 0 saturated carbocycles. The van der Waals surface area contributed by atoms with E-state index in [9.17, 15) is 27.9 Å². The fourth-order valence-electron chi connectivity index (χ4n) is 2.19. The minimum absolute atomic E-state index is 0.111. The number of hydrogen-bond donors (Lipinski definition) is 2. The van der Waals surface area contributed by atoms with Gasteiger partial charge in [0.05, 0.1) is 16.3 Å². The van der Waals surface area contributed by atoms with E-state index in [0.717, 1.165) is 17.8 Å². The minimum atomic E-state index is -4.46. The van der Waals surface area contributed by atoms with Gasteiger partial charge in [-0.3, -0.25) is 4.79 Å². The normalized spacial score (nSPS) is 17.3. The smallest absolute Gasteiger partial charge is 0.417 e. The highest BCUT2D eigenvalue weighted by Gasteiger charge is 2.41. The van der Waals surface area contributed by atoms with Gasteiger partial charge in [-0.15, -0.1) is 0 Å². The van der Waals surface area contributed by atoms with Crippen molar-refractivity contribution in [2.24, 2.45) is 0 Å². The maximum Gasteiger partial charge on any atom is 0.417 e. The molecule has 5 nitrogen and oxygen atoms in total. The zero-order valence-corrected chi connectivity index (χ0v) is 14.1. The molecule has 1 saturated heterocycles. The quantitative estimate of drug-likeness (QED) is 0.765. The van der Waals surface area contributed by atoms with E-state index >= 15 is 0 Å². The van der Waals surface area contributed by atoms with Gasteiger partial charge in [-0.2, -0.15) is 24.9 Å². The van der Waals surface area contributed by atoms with Gasteiger partial charge in [-0.25, -0.2) is 9.78 Å². The van der Waals surface area contributed by atoms with Gasteiger partial charge in [-0.05, 0) is 36.5 Å². The molecule has 0 radical (unpaired) electrons. The average Bonchev–Trinajstić information content (AvgIpc) is 2.53. The average molecular weight is 380 g/mol. The molecule has 24 heavy (non-hydrogen) atoms. The Morgan fingerprint density at radius 1 is 1.33 bits per heavy atom. The predicted molar refractivity (Wildman–Crippen MR) is 85.0 cm³/mol. The van der Waals surface area contributed by atoms with Crippen molar-refractivity contribution < 1.29 is 27.9 Å². The number of pyridine rings is 1. The van der Waals surface area contributed by atoms with E-state index < -0.39 is 29.2 Å². The molecule has 1 aromatic heterocycles. The van der Waals surface area contributed by atoms with Crippen LogP contribution in [0.3, 0.4) is 0 Å². The second-order valence-corrected chi connectivity index (χ2v) is 7.44. The van der Waals surface area contributed by atoms with Crippen LogP contribution in [0.25, 0.3) is 0 Å². The maximum atomic E-state index is 12.4. The van der Waals surface area contributed by atoms with E-state index in [2.05, 4.69) is 10.3 Å². The molecule has 1 aromatic rings. The molecule has 2 N–H and O–H groups in total. The van der Waals surface area contributed by atoms with Crippen LogP contribution in [-0.2, 0) is 15.8 Å². The number of nitrogens with zero attached hydrogens (tertiary/aromatic N) is 1. The Kier molecular flexibility index (Phi) is 6.02. The highest BCUT2D eigenvalue weighted by molar-refractivity contribution is 8.00. The van der Waals surface area contributed by atoms with Crippen molar-refractivity contribution in [3.63, 3.8) is 0 Å². The summed E-state index contributed by atoms with van der Waals surface area (Å²) in [5.74, 6) is -0.342. The number of carboxylic acids is 1. The lowest BCUT2D eigenvalue weighted by molar-refractivity contribution is -0.147. The number of aromatic nitrogens is 1. The predicted octanol–water partition coefficient (Wildman–Crippen LogP) is 2.66. The Bertz CT molecular complexity index is 602. The van der Waals surface area contributed by atoms with Crippen LogP contribution in [0.5, 0.6) is 0 Å². The third-order valence-electron chi connectivity index (χ3n) is 3.55. The zero-order valence-electron chi connectivity index (χ0n) is 12.4. The number of carbonyl (C=O) groups is 2. The van der Waals surface area contributed by atoms with Crippen LogP contribution in [0.4, 0.5) is 13.2 Å². The summed E-state index contributed by atoms with van der Waals surface area (Å²) in [5, 5.41) is 12.2. The van der Waals surface area contributed by atoms with Crippen LogP contribution in [0, 0.1) is 0 Å². The molecule has 0 spiro atoms. The van der Waals surface area contributed by atoms with E-state index in [-0.39, 0.29) is 10.8 Å². The van der Waals surface area contributed by atoms with E-state index in [1.165, 1.54) is 6.07 Å². The number of halogens is 3. The summed E-state index contributed by atoms with van der Waals surface area (Å²) in [6, 6.07) is 2.08. The highest BCUT2D eigenvalue weighted by Crippen LogP contribution is 2.30. The molecule has 1 aliphatic rings. The lowest BCUT2D eigenvalue weighted by Gasteiger charge is -2.33. The molecule has 0 unspecified atom stereocenters. The van der Waals surface area contributed by atoms with Crippen LogP contribution in [-0.4, -0.2) is 44.8 Å². The number of nitrogens with one attached hydrogen (secondary N) is 1. The molecule has 10 heteroatoms. The van der Waals surface area contributed by atoms with Crippen LogP contribution in [0.2, 0.25) is 0 Å². The molecule has 1 fully saturated rings. The molecule has 0 bridgehead atoms. The van der Waals surface area contributed by atoms with Gasteiger partial charge in [-0.1, -0.05) is 11.8 Å². The van der Waals surface area contributed by atoms with Gasteiger partial charge >= 0.3 is 12.1 Å². The van der Waals surface area contributed by atoms with Crippen molar-refractivity contribution in [2.75, 3.05) is 17.3 Å². The number of hydrogen-bond acceptors (Lipinski definition) is 5. The maximum absolute atomic E-state index is 12.4. The molecule has 2 rings (SSSR count). The van der Waals surface area contributed by atoms with Gasteiger partial charge < -0.3 is 10.4 Å². The van der Waals surface area contributed by atoms with Crippen molar-refractivity contribution in [1.29, 1.82) is 0 Å². The lowest BCUT2D eigenvalue weighted by atomic mass is 9.92. The number of carbonyl (C=O) groups excluding carboxylic acids is 1. The summed E-state index contributed by atoms with van der Waals surface area (Å²) in [5.41, 5.74) is -2.11. The van der Waals surface area contributed by atoms with Gasteiger partial charge in [0, 0.05) is 6.20 Å². The van der Waals surface area contributed by atoms with Crippen LogP contribution in [0.15, 0.2) is 23.4 Å². The largest absolute Gasteiger partial charge is 0.480 e. The highest BCUT2D eigenvalue weighted by atomic mass is 32.2. The van der Waals surface area contributed by atoms with Crippen LogP contribution in [0.1, 0.15) is 18.4 Å². The molecular formula is C14H15F3N2O3S2. The van der Waals surface area contributed by atoms with Crippen molar-refractivity contribution in [1.82, 2.24) is 10.3 Å². The Balaban J connectivity index is 1.91. The summed E-state index contributed by atoms with van der Waals surface area (Å²) in [6.45, 7) is 0. The van der Waals surface area contributed by atoms with Gasteiger partial charge in [0.25, 0.3) is 0 Å². The van der Waals surface area contributed by atoms with E-state index in [1.807, 2.05) is 0 Å².